The molecule has 5 rings (SSSR count). The third-order valence-electron chi connectivity index (χ3n) is 12.6. The number of rotatable bonds is 9. The molecule has 248 valence electrons. The Kier molecular flexibility index (Phi) is 8.50. The molecule has 44 heavy (non-hydrogen) atoms. The Labute approximate surface area is 255 Å². The summed E-state index contributed by atoms with van der Waals surface area (Å²) in [6.45, 7) is 6.74. The zero-order valence-corrected chi connectivity index (χ0v) is 25.7. The number of ether oxygens (including phenoxy) is 1. The van der Waals surface area contributed by atoms with Crippen LogP contribution in [0.4, 0.5) is 37.7 Å². The second kappa shape index (κ2) is 11.3. The van der Waals surface area contributed by atoms with Gasteiger partial charge in [-0.25, -0.2) is 0 Å². The van der Waals surface area contributed by atoms with E-state index in [9.17, 15) is 36.2 Å². The Hall–Kier alpha value is -2.17. The summed E-state index contributed by atoms with van der Waals surface area (Å²) in [5, 5.41) is 9.19. The number of fused-ring (bicyclic) bond motifs is 5. The van der Waals surface area contributed by atoms with Gasteiger partial charge in [0.2, 0.25) is 0 Å². The number of alkyl halides is 6. The molecule has 0 heterocycles. The van der Waals surface area contributed by atoms with Gasteiger partial charge in [-0.3, -0.25) is 4.79 Å². The molecule has 0 bridgehead atoms. The molecule has 11 heteroatoms. The fraction of sp³-hybridized carbons (Fsp3) is 0.788. The lowest BCUT2D eigenvalue weighted by Crippen LogP contribution is -2.57. The van der Waals surface area contributed by atoms with Gasteiger partial charge in [0, 0.05) is 23.4 Å². The van der Waals surface area contributed by atoms with Crippen molar-refractivity contribution in [3.8, 4) is 0 Å². The van der Waals surface area contributed by atoms with Crippen molar-refractivity contribution in [2.75, 3.05) is 11.5 Å². The molecule has 0 saturated heterocycles. The van der Waals surface area contributed by atoms with E-state index in [4.69, 9.17) is 11.5 Å². The number of hydrogen-bond acceptors (Lipinski definition) is 4. The maximum atomic E-state index is 15.0. The third kappa shape index (κ3) is 5.36. The number of carboxylic acid groups (broad SMARTS) is 1. The molecule has 4 aliphatic rings. The first-order valence-electron chi connectivity index (χ1n) is 16.0. The van der Waals surface area contributed by atoms with Crippen molar-refractivity contribution in [1.82, 2.24) is 0 Å². The van der Waals surface area contributed by atoms with Crippen LogP contribution in [0.3, 0.4) is 0 Å². The van der Waals surface area contributed by atoms with E-state index in [2.05, 4.69) is 25.5 Å². The first-order chi connectivity index (χ1) is 20.3. The van der Waals surface area contributed by atoms with Crippen molar-refractivity contribution >= 4 is 17.3 Å². The summed E-state index contributed by atoms with van der Waals surface area (Å²) in [6, 6.07) is 2.10. The van der Waals surface area contributed by atoms with Crippen molar-refractivity contribution in [3.05, 3.63) is 23.8 Å². The molecule has 2 unspecified atom stereocenters. The van der Waals surface area contributed by atoms with Gasteiger partial charge in [0.05, 0.1) is 6.10 Å². The first kappa shape index (κ1) is 33.2. The second-order valence-electron chi connectivity index (χ2n) is 14.9. The highest BCUT2D eigenvalue weighted by Gasteiger charge is 2.74. The number of nitrogen functional groups attached to an aromatic ring is 2. The molecule has 0 amide bonds. The number of carbonyl (C=O) groups is 1. The standard InChI is InChI=1S/C33H46F6N2O3/c1-18(4-9-28(42)43)25-7-8-26-24-6-5-19-16-23(10-12-29(19,2)27(24)11-13-30(25,26)3)44-33(38,39)32(36,37)31(34,35)20-14-21(40)17-22(41)15-20/h14-15,17-19,23-27H,4-13,16,40-41H2,1-3H3,(H,42,43)/t18-,19?,23?,24+,25-,26+,27+,29+,30-/m1/s1. The highest BCUT2D eigenvalue weighted by atomic mass is 19.3. The number of halogens is 6. The minimum atomic E-state index is -5.84. The van der Waals surface area contributed by atoms with E-state index in [-0.39, 0.29) is 47.4 Å². The molecule has 0 aliphatic heterocycles. The molecule has 0 aromatic heterocycles. The number of aliphatic carboxylic acids is 1. The van der Waals surface area contributed by atoms with Crippen molar-refractivity contribution in [2.45, 2.75) is 115 Å². The predicted molar refractivity (Wildman–Crippen MR) is 155 cm³/mol. The van der Waals surface area contributed by atoms with Gasteiger partial charge >= 0.3 is 23.9 Å². The van der Waals surface area contributed by atoms with E-state index in [1.54, 1.807) is 0 Å². The van der Waals surface area contributed by atoms with E-state index in [1.165, 1.54) is 0 Å². The van der Waals surface area contributed by atoms with Gasteiger partial charge < -0.3 is 21.3 Å². The van der Waals surface area contributed by atoms with Gasteiger partial charge in [0.1, 0.15) is 0 Å². The van der Waals surface area contributed by atoms with Crippen LogP contribution in [0.5, 0.6) is 0 Å². The summed E-state index contributed by atoms with van der Waals surface area (Å²) < 4.78 is 94.3. The Morgan fingerprint density at radius 3 is 2.18 bits per heavy atom. The van der Waals surface area contributed by atoms with E-state index < -0.39 is 35.6 Å². The lowest BCUT2D eigenvalue weighted by Gasteiger charge is -2.61. The Bertz CT molecular complexity index is 1230. The summed E-state index contributed by atoms with van der Waals surface area (Å²) in [4.78, 5) is 11.2. The van der Waals surface area contributed by atoms with Crippen LogP contribution < -0.4 is 11.5 Å². The molecule has 4 aliphatic carbocycles. The Morgan fingerprint density at radius 1 is 0.932 bits per heavy atom. The van der Waals surface area contributed by atoms with Gasteiger partial charge in [-0.15, -0.1) is 0 Å². The molecule has 0 radical (unpaired) electrons. The molecule has 0 spiro atoms. The monoisotopic (exact) mass is 632 g/mol. The smallest absolute Gasteiger partial charge is 0.426 e. The lowest BCUT2D eigenvalue weighted by atomic mass is 9.44. The van der Waals surface area contributed by atoms with Crippen LogP contribution in [-0.2, 0) is 15.5 Å². The molecule has 5 nitrogen and oxygen atoms in total. The first-order valence-corrected chi connectivity index (χ1v) is 16.0. The summed E-state index contributed by atoms with van der Waals surface area (Å²) >= 11 is 0. The van der Waals surface area contributed by atoms with Gasteiger partial charge in [-0.05, 0) is 129 Å². The highest BCUT2D eigenvalue weighted by molar-refractivity contribution is 5.66. The molecule has 1 aromatic carbocycles. The minimum Gasteiger partial charge on any atom is -0.481 e. The fourth-order valence-electron chi connectivity index (χ4n) is 10.4. The van der Waals surface area contributed by atoms with Gasteiger partial charge in [0.15, 0.2) is 0 Å². The van der Waals surface area contributed by atoms with Crippen molar-refractivity contribution in [2.24, 2.45) is 46.3 Å². The van der Waals surface area contributed by atoms with Crippen LogP contribution >= 0.6 is 0 Å². The zero-order chi connectivity index (χ0) is 32.5. The summed E-state index contributed by atoms with van der Waals surface area (Å²) in [5.74, 6) is -9.78. The third-order valence-corrected chi connectivity index (χ3v) is 12.6. The van der Waals surface area contributed by atoms with E-state index in [1.807, 2.05) is 0 Å². The molecule has 5 N–H and O–H groups in total. The van der Waals surface area contributed by atoms with Crippen LogP contribution in [-0.4, -0.2) is 29.2 Å². The number of hydrogen-bond donors (Lipinski definition) is 3. The number of anilines is 2. The van der Waals surface area contributed by atoms with Crippen molar-refractivity contribution in [3.63, 3.8) is 0 Å². The van der Waals surface area contributed by atoms with Gasteiger partial charge in [-0.2, -0.15) is 26.3 Å². The van der Waals surface area contributed by atoms with Crippen LogP contribution in [0.2, 0.25) is 0 Å². The molecule has 1 aromatic rings. The van der Waals surface area contributed by atoms with E-state index in [0.29, 0.717) is 54.6 Å². The maximum Gasteiger partial charge on any atom is 0.426 e. The maximum absolute atomic E-state index is 15.0. The van der Waals surface area contributed by atoms with Crippen LogP contribution in [0.25, 0.3) is 0 Å². The van der Waals surface area contributed by atoms with Gasteiger partial charge in [0.25, 0.3) is 0 Å². The highest BCUT2D eigenvalue weighted by Crippen LogP contribution is 2.68. The topological polar surface area (TPSA) is 98.6 Å². The van der Waals surface area contributed by atoms with E-state index in [0.717, 1.165) is 44.6 Å². The van der Waals surface area contributed by atoms with Gasteiger partial charge in [-0.1, -0.05) is 20.8 Å². The SMILES string of the molecule is C[C@H](CCC(=O)O)[C@H]1CC[C@H]2[C@@H]3CCC4CC(OC(F)(F)C(F)(F)C(F)(F)c5cc(N)cc(N)c5)CC[C@]4(C)[C@H]3CC[C@]12C. The molecule has 4 fully saturated rings. The zero-order valence-electron chi connectivity index (χ0n) is 25.7. The van der Waals surface area contributed by atoms with Crippen LogP contribution in [0.15, 0.2) is 18.2 Å². The average Bonchev–Trinajstić information content (AvgIpc) is 3.28. The second-order valence-corrected chi connectivity index (χ2v) is 14.9. The minimum absolute atomic E-state index is 0.0304. The van der Waals surface area contributed by atoms with E-state index >= 15 is 0 Å². The molecule has 9 atom stereocenters. The Balaban J connectivity index is 1.27. The predicted octanol–water partition coefficient (Wildman–Crippen LogP) is 8.72. The summed E-state index contributed by atoms with van der Waals surface area (Å²) in [5.41, 5.74) is 8.81. The summed E-state index contributed by atoms with van der Waals surface area (Å²) in [6.07, 6.45) is 0.729. The van der Waals surface area contributed by atoms with Crippen LogP contribution in [0.1, 0.15) is 97.0 Å². The van der Waals surface area contributed by atoms with Crippen molar-refractivity contribution in [1.29, 1.82) is 0 Å². The largest absolute Gasteiger partial charge is 0.481 e. The normalized spacial score (nSPS) is 36.7. The molecule has 4 saturated carbocycles. The van der Waals surface area contributed by atoms with Crippen molar-refractivity contribution < 1.29 is 41.0 Å². The quantitative estimate of drug-likeness (QED) is 0.187. The number of carboxylic acids is 1. The Morgan fingerprint density at radius 2 is 1.55 bits per heavy atom. The number of nitrogens with two attached hydrogens (primary N) is 2. The average molecular weight is 633 g/mol. The lowest BCUT2D eigenvalue weighted by molar-refractivity contribution is -0.415. The summed E-state index contributed by atoms with van der Waals surface area (Å²) in [7, 11) is 0. The van der Waals surface area contributed by atoms with Crippen LogP contribution in [0, 0.1) is 46.3 Å². The fourth-order valence-corrected chi connectivity index (χ4v) is 10.4. The molecular formula is C33H46F6N2O3. The number of benzene rings is 1. The molecular weight excluding hydrogens is 586 g/mol.